The van der Waals surface area contributed by atoms with E-state index in [4.69, 9.17) is 14.0 Å². The minimum Gasteiger partial charge on any atom is -0.441 e. The predicted octanol–water partition coefficient (Wildman–Crippen LogP) is 1.08. The van der Waals surface area contributed by atoms with Crippen LogP contribution in [0.3, 0.4) is 0 Å². The monoisotopic (exact) mass is 506 g/mol. The normalized spacial score (nSPS) is 29.1. The maximum atomic E-state index is 13.4. The summed E-state index contributed by atoms with van der Waals surface area (Å²) in [6.07, 6.45) is 0.0466. The third kappa shape index (κ3) is 2.78. The van der Waals surface area contributed by atoms with Gasteiger partial charge in [0.25, 0.3) is 0 Å². The zero-order valence-electron chi connectivity index (χ0n) is 20.0. The Hall–Kier alpha value is -4.18. The van der Waals surface area contributed by atoms with Crippen molar-refractivity contribution in [2.45, 2.75) is 57.0 Å². The number of hydrogen-bond acceptors (Lipinski definition) is 10. The van der Waals surface area contributed by atoms with Crippen LogP contribution in [0.2, 0.25) is 0 Å². The smallest absolute Gasteiger partial charge is 0.416 e. The van der Waals surface area contributed by atoms with E-state index >= 15 is 0 Å². The molecular weight excluding hydrogens is 484 g/mol. The first kappa shape index (κ1) is 22.1. The maximum absolute atomic E-state index is 13.4. The third-order valence-electron chi connectivity index (χ3n) is 8.15. The van der Waals surface area contributed by atoms with Crippen LogP contribution in [0.5, 0.6) is 0 Å². The van der Waals surface area contributed by atoms with Gasteiger partial charge >= 0.3 is 12.1 Å². The van der Waals surface area contributed by atoms with Gasteiger partial charge < -0.3 is 18.9 Å². The summed E-state index contributed by atoms with van der Waals surface area (Å²) < 4.78 is 17.2. The molecule has 3 atom stereocenters. The van der Waals surface area contributed by atoms with Crippen LogP contribution in [0.15, 0.2) is 10.6 Å². The zero-order valence-corrected chi connectivity index (χ0v) is 20.0. The number of imide groups is 2. The van der Waals surface area contributed by atoms with Crippen molar-refractivity contribution in [3.05, 3.63) is 17.2 Å². The molecule has 1 saturated carbocycles. The quantitative estimate of drug-likeness (QED) is 0.534. The molecule has 1 aliphatic carbocycles. The molecule has 0 radical (unpaired) electrons. The van der Waals surface area contributed by atoms with E-state index < -0.39 is 47.1 Å². The van der Waals surface area contributed by atoms with Gasteiger partial charge in [-0.2, -0.15) is 5.26 Å². The third-order valence-corrected chi connectivity index (χ3v) is 8.15. The number of barbiturate groups is 1. The number of carbonyl (C=O) groups is 4. The van der Waals surface area contributed by atoms with E-state index in [9.17, 15) is 24.4 Å². The van der Waals surface area contributed by atoms with Crippen LogP contribution in [0.25, 0.3) is 11.0 Å². The molecule has 4 fully saturated rings. The first-order valence-corrected chi connectivity index (χ1v) is 12.1. The molecule has 5 amide bonds. The summed E-state index contributed by atoms with van der Waals surface area (Å²) in [5.41, 5.74) is -0.752. The molecule has 7 rings (SSSR count). The molecule has 2 spiro atoms. The molecule has 190 valence electrons. The Kier molecular flexibility index (Phi) is 4.16. The average Bonchev–Trinajstić information content (AvgIpc) is 3.32. The Bertz CT molecular complexity index is 1470. The van der Waals surface area contributed by atoms with Crippen LogP contribution >= 0.6 is 0 Å². The lowest BCUT2D eigenvalue weighted by atomic mass is 9.66. The Balaban J connectivity index is 1.45. The van der Waals surface area contributed by atoms with Crippen LogP contribution in [-0.4, -0.2) is 66.0 Å². The summed E-state index contributed by atoms with van der Waals surface area (Å²) in [5.74, 6) is -1.24. The largest absolute Gasteiger partial charge is 0.441 e. The van der Waals surface area contributed by atoms with Crippen molar-refractivity contribution in [2.75, 3.05) is 22.9 Å². The highest BCUT2D eigenvalue weighted by molar-refractivity contribution is 6.20. The number of urea groups is 1. The van der Waals surface area contributed by atoms with Gasteiger partial charge in [-0.15, -0.1) is 0 Å². The first-order valence-electron chi connectivity index (χ1n) is 12.1. The maximum Gasteiger partial charge on any atom is 0.416 e. The number of nitrogens with zero attached hydrogens (tertiary/aromatic N) is 4. The molecule has 1 aromatic carbocycles. The number of nitrogens with one attached hydrogen (secondary N) is 2. The average molecular weight is 506 g/mol. The molecular formula is C24H22N6O7. The van der Waals surface area contributed by atoms with Crippen molar-refractivity contribution in [3.63, 3.8) is 0 Å². The molecule has 2 aromatic rings. The van der Waals surface area contributed by atoms with Gasteiger partial charge in [0.1, 0.15) is 17.2 Å². The molecule has 3 saturated heterocycles. The van der Waals surface area contributed by atoms with Crippen LogP contribution in [0.4, 0.5) is 21.1 Å². The van der Waals surface area contributed by atoms with Gasteiger partial charge in [-0.05, 0) is 44.7 Å². The van der Waals surface area contributed by atoms with Gasteiger partial charge in [0.2, 0.25) is 11.8 Å². The summed E-state index contributed by atoms with van der Waals surface area (Å²) >= 11 is 0. The molecule has 5 heterocycles. The summed E-state index contributed by atoms with van der Waals surface area (Å²) in [6.45, 7) is 4.24. The number of benzene rings is 1. The van der Waals surface area contributed by atoms with E-state index in [0.717, 1.165) is 12.8 Å². The van der Waals surface area contributed by atoms with Crippen LogP contribution in [0, 0.1) is 16.7 Å². The topological polar surface area (TPSA) is 167 Å². The zero-order chi connectivity index (χ0) is 25.9. The van der Waals surface area contributed by atoms with Gasteiger partial charge in [-0.25, -0.2) is 9.59 Å². The molecule has 5 aliphatic rings. The molecule has 0 unspecified atom stereocenters. The van der Waals surface area contributed by atoms with Crippen molar-refractivity contribution in [1.29, 1.82) is 5.26 Å². The SMILES string of the molecule is C[C@@H]1CN2c3c(cc4c(N5CC6(CC6)OC5=O)noc4c3C#N)CC3(C(=O)NC(=O)NC3=O)[C@H]2[C@H](C)O1. The molecule has 2 N–H and O–H groups in total. The first-order chi connectivity index (χ1) is 17.7. The number of aromatic nitrogens is 1. The molecule has 13 heteroatoms. The highest BCUT2D eigenvalue weighted by Gasteiger charge is 2.63. The molecule has 0 bridgehead atoms. The van der Waals surface area contributed by atoms with E-state index in [1.807, 2.05) is 11.8 Å². The van der Waals surface area contributed by atoms with Crippen LogP contribution in [0.1, 0.15) is 37.8 Å². The second-order valence-electron chi connectivity index (χ2n) is 10.5. The standard InChI is InChI=1S/C24H22N6O7/c1-10-8-29-15-12(6-24(17(29)11(2)35-10)19(31)26-21(33)27-20(24)32)5-13-16(14(15)7-25)37-28-18(13)30-9-23(3-4-23)36-22(30)34/h5,10-11,17H,3-4,6,8-9H2,1-2H3,(H2,26,27,31,32,33)/t10-,11+,17-/m1/s1. The second kappa shape index (κ2) is 6.98. The van der Waals surface area contributed by atoms with Gasteiger partial charge in [0.15, 0.2) is 16.8 Å². The summed E-state index contributed by atoms with van der Waals surface area (Å²) in [7, 11) is 0. The minimum atomic E-state index is -1.69. The van der Waals surface area contributed by atoms with Gasteiger partial charge in [0, 0.05) is 6.54 Å². The highest BCUT2D eigenvalue weighted by atomic mass is 16.6. The number of ether oxygens (including phenoxy) is 2. The van der Waals surface area contributed by atoms with Crippen molar-refractivity contribution < 1.29 is 33.2 Å². The molecule has 4 aliphatic heterocycles. The Labute approximate surface area is 209 Å². The minimum absolute atomic E-state index is 0.0971. The van der Waals surface area contributed by atoms with E-state index in [-0.39, 0.29) is 29.5 Å². The van der Waals surface area contributed by atoms with E-state index in [1.165, 1.54) is 4.90 Å². The number of amides is 5. The van der Waals surface area contributed by atoms with Gasteiger partial charge in [0.05, 0.1) is 35.9 Å². The fourth-order valence-corrected chi connectivity index (χ4v) is 6.48. The predicted molar refractivity (Wildman–Crippen MR) is 123 cm³/mol. The summed E-state index contributed by atoms with van der Waals surface area (Å²) in [5, 5.41) is 19.3. The van der Waals surface area contributed by atoms with Crippen LogP contribution in [-0.2, 0) is 25.5 Å². The Morgan fingerprint density at radius 2 is 1.89 bits per heavy atom. The lowest BCUT2D eigenvalue weighted by molar-refractivity contribution is -0.153. The number of morpholine rings is 1. The Morgan fingerprint density at radius 3 is 2.54 bits per heavy atom. The summed E-state index contributed by atoms with van der Waals surface area (Å²) in [6, 6.07) is 2.26. The fourth-order valence-electron chi connectivity index (χ4n) is 6.48. The molecule has 37 heavy (non-hydrogen) atoms. The second-order valence-corrected chi connectivity index (χ2v) is 10.5. The number of hydrogen-bond donors (Lipinski definition) is 2. The number of nitriles is 1. The van der Waals surface area contributed by atoms with E-state index in [2.05, 4.69) is 21.9 Å². The summed E-state index contributed by atoms with van der Waals surface area (Å²) in [4.78, 5) is 54.6. The number of anilines is 2. The Morgan fingerprint density at radius 1 is 1.16 bits per heavy atom. The van der Waals surface area contributed by atoms with Crippen LogP contribution < -0.4 is 20.4 Å². The lowest BCUT2D eigenvalue weighted by Crippen LogP contribution is -2.75. The highest BCUT2D eigenvalue weighted by Crippen LogP contribution is 2.51. The van der Waals surface area contributed by atoms with Crippen molar-refractivity contribution >= 4 is 46.4 Å². The number of fused-ring (bicyclic) bond motifs is 5. The molecule has 1 aromatic heterocycles. The fraction of sp³-hybridized carbons (Fsp3) is 0.500. The van der Waals surface area contributed by atoms with E-state index in [0.29, 0.717) is 29.7 Å². The van der Waals surface area contributed by atoms with Gasteiger partial charge in [-0.1, -0.05) is 5.16 Å². The van der Waals surface area contributed by atoms with Crippen molar-refractivity contribution in [1.82, 2.24) is 15.8 Å². The number of carbonyl (C=O) groups excluding carboxylic acids is 4. The van der Waals surface area contributed by atoms with Crippen molar-refractivity contribution in [2.24, 2.45) is 5.41 Å². The van der Waals surface area contributed by atoms with Gasteiger partial charge in [-0.3, -0.25) is 25.1 Å². The number of rotatable bonds is 1. The van der Waals surface area contributed by atoms with E-state index in [1.54, 1.807) is 13.0 Å². The molecule has 13 nitrogen and oxygen atoms in total. The van der Waals surface area contributed by atoms with Crippen molar-refractivity contribution in [3.8, 4) is 6.07 Å². The lowest BCUT2D eigenvalue weighted by Gasteiger charge is -2.55.